The van der Waals surface area contributed by atoms with E-state index < -0.39 is 0 Å². The lowest BCUT2D eigenvalue weighted by atomic mass is 10.2. The molecule has 0 amide bonds. The van der Waals surface area contributed by atoms with Crippen LogP contribution in [-0.4, -0.2) is 15.0 Å². The monoisotopic (exact) mass is 173 g/mol. The fourth-order valence-electron chi connectivity index (χ4n) is 1.03. The highest BCUT2D eigenvalue weighted by atomic mass is 16.1. The minimum absolute atomic E-state index is 0.151. The Labute approximate surface area is 74.3 Å². The molecule has 0 aromatic carbocycles. The van der Waals surface area contributed by atoms with E-state index in [-0.39, 0.29) is 5.56 Å². The molecular formula is C9H7N3O. The largest absolute Gasteiger partial charge is 0.307 e. The van der Waals surface area contributed by atoms with E-state index in [9.17, 15) is 4.79 Å². The predicted octanol–water partition coefficient (Wildman–Crippen LogP) is 0.832. The lowest BCUT2D eigenvalue weighted by Gasteiger charge is -1.97. The van der Waals surface area contributed by atoms with Gasteiger partial charge in [-0.1, -0.05) is 0 Å². The maximum Gasteiger partial charge on any atom is 0.251 e. The minimum atomic E-state index is -0.151. The SMILES string of the molecule is O=c1ccnc(-c2ccncc2)[nH]1. The Kier molecular flexibility index (Phi) is 1.88. The first-order valence-electron chi connectivity index (χ1n) is 3.82. The summed E-state index contributed by atoms with van der Waals surface area (Å²) in [4.78, 5) is 21.5. The number of hydrogen-bond acceptors (Lipinski definition) is 3. The minimum Gasteiger partial charge on any atom is -0.307 e. The first-order chi connectivity index (χ1) is 6.36. The zero-order valence-corrected chi connectivity index (χ0v) is 6.77. The molecule has 4 heteroatoms. The molecule has 2 aromatic heterocycles. The van der Waals surface area contributed by atoms with Crippen molar-refractivity contribution in [3.05, 3.63) is 47.1 Å². The molecule has 0 fully saturated rings. The van der Waals surface area contributed by atoms with Crippen LogP contribution in [0.2, 0.25) is 0 Å². The van der Waals surface area contributed by atoms with Gasteiger partial charge in [-0.25, -0.2) is 4.98 Å². The summed E-state index contributed by atoms with van der Waals surface area (Å²) in [7, 11) is 0. The smallest absolute Gasteiger partial charge is 0.251 e. The summed E-state index contributed by atoms with van der Waals surface area (Å²) in [6.07, 6.45) is 4.79. The number of hydrogen-bond donors (Lipinski definition) is 1. The van der Waals surface area contributed by atoms with Crippen molar-refractivity contribution in [2.24, 2.45) is 0 Å². The molecule has 0 saturated heterocycles. The predicted molar refractivity (Wildman–Crippen MR) is 48.1 cm³/mol. The van der Waals surface area contributed by atoms with Crippen molar-refractivity contribution >= 4 is 0 Å². The molecule has 2 rings (SSSR count). The Bertz CT molecular complexity index is 450. The summed E-state index contributed by atoms with van der Waals surface area (Å²) in [5.74, 6) is 0.565. The number of aromatic amines is 1. The van der Waals surface area contributed by atoms with Crippen molar-refractivity contribution in [3.8, 4) is 11.4 Å². The lowest BCUT2D eigenvalue weighted by Crippen LogP contribution is -2.05. The van der Waals surface area contributed by atoms with Gasteiger partial charge in [-0.2, -0.15) is 0 Å². The van der Waals surface area contributed by atoms with Crippen LogP contribution in [-0.2, 0) is 0 Å². The molecule has 2 heterocycles. The van der Waals surface area contributed by atoms with Gasteiger partial charge in [0.15, 0.2) is 0 Å². The second-order valence-electron chi connectivity index (χ2n) is 2.52. The molecule has 64 valence electrons. The van der Waals surface area contributed by atoms with Crippen molar-refractivity contribution in [2.75, 3.05) is 0 Å². The van der Waals surface area contributed by atoms with Crippen LogP contribution in [0.15, 0.2) is 41.6 Å². The van der Waals surface area contributed by atoms with Crippen LogP contribution < -0.4 is 5.56 Å². The van der Waals surface area contributed by atoms with Crippen molar-refractivity contribution in [1.82, 2.24) is 15.0 Å². The summed E-state index contributed by atoms with van der Waals surface area (Å²) >= 11 is 0. The van der Waals surface area contributed by atoms with E-state index >= 15 is 0 Å². The van der Waals surface area contributed by atoms with E-state index in [1.807, 2.05) is 0 Å². The van der Waals surface area contributed by atoms with Gasteiger partial charge in [-0.15, -0.1) is 0 Å². The number of H-pyrrole nitrogens is 1. The van der Waals surface area contributed by atoms with Crippen LogP contribution in [0.25, 0.3) is 11.4 Å². The average Bonchev–Trinajstić information content (AvgIpc) is 2.19. The normalized spacial score (nSPS) is 9.85. The molecule has 0 atom stereocenters. The molecular weight excluding hydrogens is 166 g/mol. The maximum absolute atomic E-state index is 11.0. The zero-order chi connectivity index (χ0) is 9.10. The van der Waals surface area contributed by atoms with Crippen molar-refractivity contribution in [2.45, 2.75) is 0 Å². The molecule has 13 heavy (non-hydrogen) atoms. The molecule has 0 radical (unpaired) electrons. The van der Waals surface area contributed by atoms with Crippen LogP contribution in [0, 0.1) is 0 Å². The third kappa shape index (κ3) is 1.61. The zero-order valence-electron chi connectivity index (χ0n) is 6.77. The van der Waals surface area contributed by atoms with Crippen LogP contribution >= 0.6 is 0 Å². The highest BCUT2D eigenvalue weighted by molar-refractivity contribution is 5.52. The van der Waals surface area contributed by atoms with Crippen LogP contribution in [0.3, 0.4) is 0 Å². The Morgan fingerprint density at radius 2 is 1.85 bits per heavy atom. The first kappa shape index (κ1) is 7.67. The fraction of sp³-hybridized carbons (Fsp3) is 0. The Morgan fingerprint density at radius 1 is 1.08 bits per heavy atom. The lowest BCUT2D eigenvalue weighted by molar-refractivity contribution is 1.12. The van der Waals surface area contributed by atoms with Gasteiger partial charge < -0.3 is 4.98 Å². The molecule has 1 N–H and O–H groups in total. The molecule has 0 aliphatic carbocycles. The van der Waals surface area contributed by atoms with Crippen LogP contribution in [0.1, 0.15) is 0 Å². The second-order valence-corrected chi connectivity index (χ2v) is 2.52. The number of nitrogens with one attached hydrogen (secondary N) is 1. The Morgan fingerprint density at radius 3 is 2.54 bits per heavy atom. The van der Waals surface area contributed by atoms with Crippen molar-refractivity contribution in [1.29, 1.82) is 0 Å². The van der Waals surface area contributed by atoms with Crippen LogP contribution in [0.5, 0.6) is 0 Å². The molecule has 4 nitrogen and oxygen atoms in total. The molecule has 0 saturated carbocycles. The van der Waals surface area contributed by atoms with Gasteiger partial charge >= 0.3 is 0 Å². The van der Waals surface area contributed by atoms with E-state index in [1.54, 1.807) is 24.5 Å². The summed E-state index contributed by atoms with van der Waals surface area (Å²) in [6, 6.07) is 4.96. The molecule has 0 unspecified atom stereocenters. The van der Waals surface area contributed by atoms with Gasteiger partial charge in [0, 0.05) is 30.2 Å². The topological polar surface area (TPSA) is 58.6 Å². The summed E-state index contributed by atoms with van der Waals surface area (Å²) in [5.41, 5.74) is 0.703. The van der Waals surface area contributed by atoms with E-state index in [4.69, 9.17) is 0 Å². The molecule has 0 aliphatic rings. The van der Waals surface area contributed by atoms with Crippen LogP contribution in [0.4, 0.5) is 0 Å². The highest BCUT2D eigenvalue weighted by Gasteiger charge is 1.97. The molecule has 0 bridgehead atoms. The van der Waals surface area contributed by atoms with Gasteiger partial charge in [0.1, 0.15) is 5.82 Å². The number of nitrogens with zero attached hydrogens (tertiary/aromatic N) is 2. The Hall–Kier alpha value is -1.97. The molecule has 2 aromatic rings. The quantitative estimate of drug-likeness (QED) is 0.694. The van der Waals surface area contributed by atoms with Gasteiger partial charge in [0.25, 0.3) is 5.56 Å². The van der Waals surface area contributed by atoms with E-state index in [2.05, 4.69) is 15.0 Å². The second kappa shape index (κ2) is 3.18. The molecule has 0 spiro atoms. The third-order valence-electron chi connectivity index (χ3n) is 1.62. The summed E-state index contributed by atoms with van der Waals surface area (Å²) in [6.45, 7) is 0. The fourth-order valence-corrected chi connectivity index (χ4v) is 1.03. The highest BCUT2D eigenvalue weighted by Crippen LogP contribution is 2.09. The van der Waals surface area contributed by atoms with E-state index in [0.717, 1.165) is 5.56 Å². The number of rotatable bonds is 1. The number of pyridine rings is 1. The van der Waals surface area contributed by atoms with Crippen molar-refractivity contribution in [3.63, 3.8) is 0 Å². The van der Waals surface area contributed by atoms with Gasteiger partial charge in [-0.3, -0.25) is 9.78 Å². The summed E-state index contributed by atoms with van der Waals surface area (Å²) < 4.78 is 0. The van der Waals surface area contributed by atoms with Crippen molar-refractivity contribution < 1.29 is 0 Å². The van der Waals surface area contributed by atoms with E-state index in [1.165, 1.54) is 12.3 Å². The van der Waals surface area contributed by atoms with Gasteiger partial charge in [0.2, 0.25) is 0 Å². The molecule has 0 aliphatic heterocycles. The van der Waals surface area contributed by atoms with E-state index in [0.29, 0.717) is 5.82 Å². The van der Waals surface area contributed by atoms with Gasteiger partial charge in [-0.05, 0) is 12.1 Å². The van der Waals surface area contributed by atoms with Gasteiger partial charge in [0.05, 0.1) is 0 Å². The summed E-state index contributed by atoms with van der Waals surface area (Å²) in [5, 5.41) is 0. The maximum atomic E-state index is 11.0. The average molecular weight is 173 g/mol. The first-order valence-corrected chi connectivity index (χ1v) is 3.82. The Balaban J connectivity index is 2.54. The third-order valence-corrected chi connectivity index (χ3v) is 1.62. The number of aromatic nitrogens is 3. The standard InChI is InChI=1S/C9H7N3O/c13-8-3-6-11-9(12-8)7-1-4-10-5-2-7/h1-6H,(H,11,12,13).